The fourth-order valence-electron chi connectivity index (χ4n) is 4.40. The fourth-order valence-corrected chi connectivity index (χ4v) is 5.13. The van der Waals surface area contributed by atoms with E-state index in [4.69, 9.17) is 4.74 Å². The van der Waals surface area contributed by atoms with Crippen LogP contribution in [0.5, 0.6) is 5.75 Å². The van der Waals surface area contributed by atoms with Gasteiger partial charge in [0.15, 0.2) is 0 Å². The molecule has 9 nitrogen and oxygen atoms in total. The number of aromatic nitrogens is 1. The first-order chi connectivity index (χ1) is 18.7. The molecule has 4 aromatic rings. The minimum Gasteiger partial charge on any atom is -0.491 e. The van der Waals surface area contributed by atoms with Crippen LogP contribution >= 0.6 is 0 Å². The molecule has 39 heavy (non-hydrogen) atoms. The van der Waals surface area contributed by atoms with Crippen LogP contribution in [0.3, 0.4) is 0 Å². The lowest BCUT2D eigenvalue weighted by molar-refractivity contribution is 0.0686. The second kappa shape index (κ2) is 12.4. The summed E-state index contributed by atoms with van der Waals surface area (Å²) in [5.74, 6) is -0.326. The molecule has 0 aliphatic carbocycles. The number of nitrogens with zero attached hydrogens (tertiary/aromatic N) is 1. The molecule has 0 bridgehead atoms. The number of hydrogen-bond donors (Lipinski definition) is 4. The number of nitrogens with one attached hydrogen (secondary N) is 2. The van der Waals surface area contributed by atoms with Crippen LogP contribution in [0.1, 0.15) is 28.5 Å². The van der Waals surface area contributed by atoms with E-state index in [1.165, 1.54) is 19.2 Å². The summed E-state index contributed by atoms with van der Waals surface area (Å²) in [7, 11) is -2.20. The Kier molecular flexibility index (Phi) is 9.03. The summed E-state index contributed by atoms with van der Waals surface area (Å²) in [6.07, 6.45) is 0.0340. The van der Waals surface area contributed by atoms with Gasteiger partial charge >= 0.3 is 5.97 Å². The molecule has 0 saturated carbocycles. The molecule has 2 atom stereocenters. The van der Waals surface area contributed by atoms with Crippen LogP contribution in [0, 0.1) is 0 Å². The van der Waals surface area contributed by atoms with Gasteiger partial charge in [0.05, 0.1) is 4.90 Å². The highest BCUT2D eigenvalue weighted by molar-refractivity contribution is 7.89. The molecule has 4 N–H and O–H groups in total. The second-order valence-corrected chi connectivity index (χ2v) is 11.3. The van der Waals surface area contributed by atoms with Gasteiger partial charge in [0, 0.05) is 30.0 Å². The molecule has 1 aromatic heterocycles. The fraction of sp³-hybridized carbons (Fsp3) is 0.276. The Morgan fingerprint density at radius 3 is 2.36 bits per heavy atom. The number of aliphatic hydroxyl groups excluding tert-OH is 1. The van der Waals surface area contributed by atoms with Gasteiger partial charge in [-0.25, -0.2) is 17.9 Å². The molecule has 0 spiro atoms. The van der Waals surface area contributed by atoms with E-state index in [0.717, 1.165) is 22.0 Å². The van der Waals surface area contributed by atoms with Gasteiger partial charge in [0.1, 0.15) is 24.2 Å². The first-order valence-corrected chi connectivity index (χ1v) is 14.1. The molecule has 10 heteroatoms. The highest BCUT2D eigenvalue weighted by atomic mass is 32.2. The summed E-state index contributed by atoms with van der Waals surface area (Å²) in [5, 5.41) is 24.2. The zero-order valence-electron chi connectivity index (χ0n) is 21.9. The van der Waals surface area contributed by atoms with Crippen LogP contribution in [-0.4, -0.2) is 61.5 Å². The maximum Gasteiger partial charge on any atom is 0.352 e. The molecular weight excluding hydrogens is 518 g/mol. The standard InChI is InChI=1S/C29H33N3O6S/c1-20(31-17-24(33)19-38-25-6-4-3-5-7-25)14-22-10-13-27-23(15-22)16-28(29(34)35)32(27)18-21-8-11-26(12-9-21)39(36,37)30-2/h3-13,15-16,20,24,30-31,33H,14,17-19H2,1-2H3,(H,34,35). The molecule has 2 unspecified atom stereocenters. The molecule has 1 heterocycles. The highest BCUT2D eigenvalue weighted by Crippen LogP contribution is 2.24. The van der Waals surface area contributed by atoms with Crippen molar-refractivity contribution in [3.63, 3.8) is 0 Å². The van der Waals surface area contributed by atoms with Gasteiger partial charge in [-0.1, -0.05) is 36.4 Å². The smallest absolute Gasteiger partial charge is 0.352 e. The monoisotopic (exact) mass is 551 g/mol. The molecule has 206 valence electrons. The third-order valence-electron chi connectivity index (χ3n) is 6.46. The topological polar surface area (TPSA) is 130 Å². The Morgan fingerprint density at radius 2 is 1.69 bits per heavy atom. The van der Waals surface area contributed by atoms with Crippen molar-refractivity contribution >= 4 is 26.9 Å². The third-order valence-corrected chi connectivity index (χ3v) is 7.89. The van der Waals surface area contributed by atoms with Crippen molar-refractivity contribution < 1.29 is 28.2 Å². The molecule has 0 aliphatic rings. The van der Waals surface area contributed by atoms with Crippen molar-refractivity contribution in [3.8, 4) is 5.75 Å². The Morgan fingerprint density at radius 1 is 1.00 bits per heavy atom. The van der Waals surface area contributed by atoms with E-state index in [1.807, 2.05) is 55.5 Å². The lowest BCUT2D eigenvalue weighted by Gasteiger charge is -2.18. The average Bonchev–Trinajstić information content (AvgIpc) is 3.29. The van der Waals surface area contributed by atoms with Crippen LogP contribution < -0.4 is 14.8 Å². The van der Waals surface area contributed by atoms with Crippen molar-refractivity contribution in [1.82, 2.24) is 14.6 Å². The minimum absolute atomic E-state index is 0.0715. The summed E-state index contributed by atoms with van der Waals surface area (Å²) in [4.78, 5) is 12.2. The van der Waals surface area contributed by atoms with Crippen molar-refractivity contribution in [2.45, 2.75) is 36.9 Å². The number of rotatable bonds is 13. The largest absolute Gasteiger partial charge is 0.491 e. The number of hydrogen-bond acceptors (Lipinski definition) is 6. The lowest BCUT2D eigenvalue weighted by Crippen LogP contribution is -2.37. The van der Waals surface area contributed by atoms with E-state index in [2.05, 4.69) is 10.0 Å². The van der Waals surface area contributed by atoms with Crippen LogP contribution in [-0.2, 0) is 23.0 Å². The first kappa shape index (κ1) is 28.3. The van der Waals surface area contributed by atoms with E-state index in [0.29, 0.717) is 18.7 Å². The first-order valence-electron chi connectivity index (χ1n) is 12.6. The number of benzene rings is 3. The predicted molar refractivity (Wildman–Crippen MR) is 150 cm³/mol. The summed E-state index contributed by atoms with van der Waals surface area (Å²) < 4.78 is 33.6. The molecule has 4 rings (SSSR count). The Hall–Kier alpha value is -3.70. The minimum atomic E-state index is -3.55. The molecule has 0 aliphatic heterocycles. The van der Waals surface area contributed by atoms with Crippen molar-refractivity contribution in [2.75, 3.05) is 20.2 Å². The number of ether oxygens (including phenoxy) is 1. The maximum absolute atomic E-state index is 12.0. The quantitative estimate of drug-likeness (QED) is 0.201. The molecule has 0 radical (unpaired) electrons. The number of aliphatic hydroxyl groups is 1. The van der Waals surface area contributed by atoms with Gasteiger partial charge in [0.2, 0.25) is 10.0 Å². The van der Waals surface area contributed by atoms with Gasteiger partial charge in [0.25, 0.3) is 0 Å². The Labute approximate surface area is 228 Å². The number of sulfonamides is 1. The zero-order valence-corrected chi connectivity index (χ0v) is 22.7. The predicted octanol–water partition coefficient (Wildman–Crippen LogP) is 3.26. The molecule has 0 saturated heterocycles. The maximum atomic E-state index is 12.0. The number of aromatic carboxylic acids is 1. The van der Waals surface area contributed by atoms with Crippen LogP contribution in [0.25, 0.3) is 10.9 Å². The van der Waals surface area contributed by atoms with Crippen LogP contribution in [0.4, 0.5) is 0 Å². The van der Waals surface area contributed by atoms with E-state index in [-0.39, 0.29) is 29.8 Å². The molecular formula is C29H33N3O6S. The van der Waals surface area contributed by atoms with Crippen molar-refractivity contribution in [1.29, 1.82) is 0 Å². The van der Waals surface area contributed by atoms with Crippen LogP contribution in [0.2, 0.25) is 0 Å². The number of carboxylic acids is 1. The summed E-state index contributed by atoms with van der Waals surface area (Å²) in [6.45, 7) is 2.88. The molecule has 0 fully saturated rings. The van der Waals surface area contributed by atoms with Crippen molar-refractivity contribution in [2.24, 2.45) is 0 Å². The van der Waals surface area contributed by atoms with Gasteiger partial charge in [-0.15, -0.1) is 0 Å². The number of carbonyl (C=O) groups is 1. The lowest BCUT2D eigenvalue weighted by atomic mass is 10.0. The second-order valence-electron chi connectivity index (χ2n) is 9.46. The van der Waals surface area contributed by atoms with Gasteiger partial charge in [-0.05, 0) is 74.0 Å². The number of fused-ring (bicyclic) bond motifs is 1. The van der Waals surface area contributed by atoms with Gasteiger partial charge in [-0.2, -0.15) is 0 Å². The summed E-state index contributed by atoms with van der Waals surface area (Å²) >= 11 is 0. The highest BCUT2D eigenvalue weighted by Gasteiger charge is 2.17. The van der Waals surface area contributed by atoms with E-state index in [1.54, 1.807) is 22.8 Å². The third kappa shape index (κ3) is 7.24. The van der Waals surface area contributed by atoms with E-state index >= 15 is 0 Å². The van der Waals surface area contributed by atoms with Gasteiger partial charge in [-0.3, -0.25) is 0 Å². The molecule has 3 aromatic carbocycles. The number of para-hydroxylation sites is 1. The molecule has 0 amide bonds. The van der Waals surface area contributed by atoms with Crippen molar-refractivity contribution in [3.05, 3.63) is 95.7 Å². The zero-order chi connectivity index (χ0) is 28.0. The Bertz CT molecular complexity index is 1520. The van der Waals surface area contributed by atoms with Crippen LogP contribution in [0.15, 0.2) is 83.8 Å². The summed E-state index contributed by atoms with van der Waals surface area (Å²) in [6, 6.07) is 23.3. The Balaban J connectivity index is 1.41. The van der Waals surface area contributed by atoms with E-state index < -0.39 is 22.1 Å². The van der Waals surface area contributed by atoms with E-state index in [9.17, 15) is 23.4 Å². The number of carboxylic acid groups (broad SMARTS) is 1. The summed E-state index contributed by atoms with van der Waals surface area (Å²) in [5.41, 5.74) is 2.74. The average molecular weight is 552 g/mol. The normalized spacial score (nSPS) is 13.3. The SMILES string of the molecule is CNS(=O)(=O)c1ccc(Cn2c(C(=O)O)cc3cc(CC(C)NCC(O)COc4ccccc4)ccc32)cc1. The van der Waals surface area contributed by atoms with Gasteiger partial charge < -0.3 is 24.8 Å².